The summed E-state index contributed by atoms with van der Waals surface area (Å²) < 4.78 is 87.2. The number of carbonyl (C=O) groups excluding carboxylic acids is 1. The highest BCUT2D eigenvalue weighted by molar-refractivity contribution is 5.99. The first kappa shape index (κ1) is 28.2. The Labute approximate surface area is 232 Å². The third-order valence-corrected chi connectivity index (χ3v) is 5.97. The fourth-order valence-electron chi connectivity index (χ4n) is 3.97. The molecule has 3 aromatic heterocycles. The lowest BCUT2D eigenvalue weighted by atomic mass is 10.1. The van der Waals surface area contributed by atoms with Crippen LogP contribution >= 0.6 is 0 Å². The van der Waals surface area contributed by atoms with Crippen LogP contribution in [0.25, 0.3) is 22.6 Å². The smallest absolute Gasteiger partial charge is 0.432 e. The van der Waals surface area contributed by atoms with Crippen molar-refractivity contribution in [3.8, 4) is 23.0 Å². The van der Waals surface area contributed by atoms with Crippen LogP contribution in [0.3, 0.4) is 0 Å². The zero-order valence-corrected chi connectivity index (χ0v) is 21.4. The second kappa shape index (κ2) is 10.6. The molecule has 0 unspecified atom stereocenters. The number of nitrogens with one attached hydrogen (secondary N) is 3. The van der Waals surface area contributed by atoms with Crippen LogP contribution in [0.5, 0.6) is 11.5 Å². The number of benzene rings is 2. The summed E-state index contributed by atoms with van der Waals surface area (Å²) in [6.07, 6.45) is -6.44. The van der Waals surface area contributed by atoms with E-state index in [1.54, 1.807) is 29.8 Å². The Balaban J connectivity index is 1.38. The van der Waals surface area contributed by atoms with Crippen molar-refractivity contribution in [2.24, 2.45) is 7.05 Å². The second-order valence-corrected chi connectivity index (χ2v) is 8.84. The van der Waals surface area contributed by atoms with Crippen molar-refractivity contribution in [3.63, 3.8) is 0 Å². The maximum atomic E-state index is 13.7. The van der Waals surface area contributed by atoms with E-state index in [9.17, 15) is 31.1 Å². The van der Waals surface area contributed by atoms with Crippen molar-refractivity contribution >= 4 is 34.3 Å². The van der Waals surface area contributed by atoms with E-state index in [-0.39, 0.29) is 28.9 Å². The third kappa shape index (κ3) is 5.89. The molecular weight excluding hydrogens is 568 g/mol. The topological polar surface area (TPSA) is 110 Å². The van der Waals surface area contributed by atoms with Crippen molar-refractivity contribution < 1.29 is 35.9 Å². The van der Waals surface area contributed by atoms with Gasteiger partial charge in [-0.3, -0.25) is 9.78 Å². The number of hydrogen-bond donors (Lipinski definition) is 3. The van der Waals surface area contributed by atoms with Crippen LogP contribution in [-0.2, 0) is 24.2 Å². The van der Waals surface area contributed by atoms with Crippen molar-refractivity contribution in [1.82, 2.24) is 24.5 Å². The molecule has 0 saturated carbocycles. The molecule has 15 heteroatoms. The van der Waals surface area contributed by atoms with Gasteiger partial charge in [0.05, 0.1) is 28.5 Å². The molecule has 216 valence electrons. The maximum absolute atomic E-state index is 13.7. The molecule has 0 aliphatic carbocycles. The van der Waals surface area contributed by atoms with Gasteiger partial charge >= 0.3 is 12.4 Å². The van der Waals surface area contributed by atoms with E-state index in [4.69, 9.17) is 4.74 Å². The Kier molecular flexibility index (Phi) is 7.10. The molecule has 3 heterocycles. The number of aromatic nitrogens is 5. The van der Waals surface area contributed by atoms with Gasteiger partial charge in [0.25, 0.3) is 0 Å². The van der Waals surface area contributed by atoms with E-state index >= 15 is 0 Å². The van der Waals surface area contributed by atoms with Gasteiger partial charge in [-0.1, -0.05) is 6.58 Å². The number of carbonyl (C=O) groups is 1. The van der Waals surface area contributed by atoms with E-state index in [2.05, 4.69) is 37.1 Å². The highest BCUT2D eigenvalue weighted by atomic mass is 19.4. The number of aryl methyl sites for hydroxylation is 1. The lowest BCUT2D eigenvalue weighted by molar-refractivity contribution is -0.141. The summed E-state index contributed by atoms with van der Waals surface area (Å²) in [6.45, 7) is 3.24. The Morgan fingerprint density at radius 3 is 2.45 bits per heavy atom. The van der Waals surface area contributed by atoms with Crippen LogP contribution in [0.4, 0.5) is 43.7 Å². The molecule has 0 fully saturated rings. The van der Waals surface area contributed by atoms with Crippen LogP contribution in [0, 0.1) is 0 Å². The first-order valence-corrected chi connectivity index (χ1v) is 12.0. The molecule has 0 bridgehead atoms. The van der Waals surface area contributed by atoms with Gasteiger partial charge in [0, 0.05) is 31.1 Å². The fraction of sp³-hybridized carbons (Fsp3) is 0.111. The summed E-state index contributed by atoms with van der Waals surface area (Å²) in [6, 6.07) is 11.1. The molecule has 0 atom stereocenters. The van der Waals surface area contributed by atoms with Crippen LogP contribution in [0.2, 0.25) is 0 Å². The maximum Gasteiger partial charge on any atom is 0.432 e. The number of ether oxygens (including phenoxy) is 1. The van der Waals surface area contributed by atoms with Gasteiger partial charge in [-0.2, -0.15) is 26.3 Å². The summed E-state index contributed by atoms with van der Waals surface area (Å²) in [5.41, 5.74) is -1.22. The number of amides is 1. The van der Waals surface area contributed by atoms with E-state index in [1.807, 2.05) is 0 Å². The molecule has 0 saturated heterocycles. The van der Waals surface area contributed by atoms with Crippen LogP contribution in [-0.4, -0.2) is 30.4 Å². The Hall–Kier alpha value is -5.34. The predicted molar refractivity (Wildman–Crippen MR) is 141 cm³/mol. The number of hydrogen-bond acceptors (Lipinski definition) is 6. The number of alkyl halides is 6. The lowest BCUT2D eigenvalue weighted by Gasteiger charge is -2.15. The number of H-pyrrole nitrogens is 1. The van der Waals surface area contributed by atoms with Gasteiger partial charge in [0.15, 0.2) is 5.82 Å². The van der Waals surface area contributed by atoms with Crippen molar-refractivity contribution in [2.45, 2.75) is 12.4 Å². The van der Waals surface area contributed by atoms with E-state index in [1.165, 1.54) is 24.4 Å². The third-order valence-electron chi connectivity index (χ3n) is 5.97. The van der Waals surface area contributed by atoms with E-state index < -0.39 is 35.2 Å². The molecule has 3 N–H and O–H groups in total. The summed E-state index contributed by atoms with van der Waals surface area (Å²) >= 11 is 0. The number of pyridine rings is 1. The first-order valence-electron chi connectivity index (χ1n) is 12.0. The minimum Gasteiger partial charge on any atom is -0.457 e. The summed E-state index contributed by atoms with van der Waals surface area (Å²) in [4.78, 5) is 26.0. The van der Waals surface area contributed by atoms with Crippen molar-refractivity contribution in [3.05, 3.63) is 84.8 Å². The SMILES string of the molecule is C=CC(=O)Nc1ccc(Nc2nc3cc(Oc4ccnc(-c5ncc(C(F)(F)F)[nH]5)c4)ccc3n2C)cc1C(F)(F)F. The number of fused-ring (bicyclic) bond motifs is 1. The molecule has 5 aromatic rings. The highest BCUT2D eigenvalue weighted by Gasteiger charge is 2.35. The van der Waals surface area contributed by atoms with Gasteiger partial charge in [-0.15, -0.1) is 0 Å². The molecule has 0 radical (unpaired) electrons. The highest BCUT2D eigenvalue weighted by Crippen LogP contribution is 2.38. The average molecular weight is 587 g/mol. The molecule has 5 rings (SSSR count). The van der Waals surface area contributed by atoms with E-state index in [0.717, 1.165) is 18.2 Å². The molecular formula is C27H19F6N7O2. The van der Waals surface area contributed by atoms with Gasteiger partial charge in [0.1, 0.15) is 22.9 Å². The molecule has 0 aliphatic rings. The minimum atomic E-state index is -4.75. The Bertz CT molecular complexity index is 1810. The largest absolute Gasteiger partial charge is 0.457 e. The van der Waals surface area contributed by atoms with E-state index in [0.29, 0.717) is 23.0 Å². The molecule has 42 heavy (non-hydrogen) atoms. The summed E-state index contributed by atoms with van der Waals surface area (Å²) in [5.74, 6) is -0.0477. The number of halogens is 6. The zero-order valence-electron chi connectivity index (χ0n) is 21.4. The quantitative estimate of drug-likeness (QED) is 0.139. The molecule has 2 aromatic carbocycles. The number of imidazole rings is 2. The Morgan fingerprint density at radius 1 is 1.00 bits per heavy atom. The average Bonchev–Trinajstić information content (AvgIpc) is 3.55. The Morgan fingerprint density at radius 2 is 1.76 bits per heavy atom. The minimum absolute atomic E-state index is 0.0738. The van der Waals surface area contributed by atoms with Crippen molar-refractivity contribution in [1.29, 1.82) is 0 Å². The monoisotopic (exact) mass is 587 g/mol. The molecule has 1 amide bonds. The molecule has 0 aliphatic heterocycles. The first-order chi connectivity index (χ1) is 19.8. The van der Waals surface area contributed by atoms with Gasteiger partial charge in [0.2, 0.25) is 11.9 Å². The van der Waals surface area contributed by atoms with Gasteiger partial charge < -0.3 is 24.9 Å². The van der Waals surface area contributed by atoms with Gasteiger partial charge in [-0.05, 0) is 42.5 Å². The second-order valence-electron chi connectivity index (χ2n) is 8.84. The standard InChI is InChI=1S/C27H19F6N7O2/c1-3-23(41)37-18-6-4-14(10-17(18)26(28,29)30)36-25-38-19-11-15(5-7-21(19)40(25)2)42-16-8-9-34-20(12-16)24-35-13-22(39-24)27(31,32)33/h3-13H,1H2,2H3,(H,35,39)(H,36,38)(H,37,41). The van der Waals surface area contributed by atoms with Crippen LogP contribution < -0.4 is 15.4 Å². The lowest BCUT2D eigenvalue weighted by Crippen LogP contribution is -2.15. The summed E-state index contributed by atoms with van der Waals surface area (Å²) in [7, 11) is 1.66. The summed E-state index contributed by atoms with van der Waals surface area (Å²) in [5, 5.41) is 5.00. The normalized spacial score (nSPS) is 11.9. The number of anilines is 3. The molecule has 9 nitrogen and oxygen atoms in total. The van der Waals surface area contributed by atoms with Crippen molar-refractivity contribution in [2.75, 3.05) is 10.6 Å². The fourth-order valence-corrected chi connectivity index (χ4v) is 3.97. The number of nitrogens with zero attached hydrogens (tertiary/aromatic N) is 4. The predicted octanol–water partition coefficient (Wildman–Crippen LogP) is 7.06. The van der Waals surface area contributed by atoms with Crippen LogP contribution in [0.15, 0.2) is 73.6 Å². The van der Waals surface area contributed by atoms with Gasteiger partial charge in [-0.25, -0.2) is 9.97 Å². The molecule has 0 spiro atoms. The number of rotatable bonds is 7. The number of aromatic amines is 1. The van der Waals surface area contributed by atoms with Crippen LogP contribution in [0.1, 0.15) is 11.3 Å². The zero-order chi connectivity index (χ0) is 30.2.